The molecule has 0 unspecified atom stereocenters. The number of para-hydroxylation sites is 2. The van der Waals surface area contributed by atoms with E-state index in [0.29, 0.717) is 32.6 Å². The topological polar surface area (TPSA) is 87.7 Å². The zero-order valence-corrected chi connectivity index (χ0v) is 16.2. The number of H-pyrrole nitrogens is 1. The highest BCUT2D eigenvalue weighted by Gasteiger charge is 2.12. The lowest BCUT2D eigenvalue weighted by molar-refractivity contribution is -0.116. The Morgan fingerprint density at radius 2 is 1.89 bits per heavy atom. The summed E-state index contributed by atoms with van der Waals surface area (Å²) >= 11 is 7.51. The monoisotopic (exact) mass is 410 g/mol. The lowest BCUT2D eigenvalue weighted by Crippen LogP contribution is -2.18. The molecule has 140 valence electrons. The molecule has 6 nitrogen and oxygen atoms in total. The van der Waals surface area contributed by atoms with Crippen molar-refractivity contribution in [3.05, 3.63) is 75.0 Å². The average molecular weight is 411 g/mol. The predicted octanol–water partition coefficient (Wildman–Crippen LogP) is 4.27. The van der Waals surface area contributed by atoms with Gasteiger partial charge in [0.25, 0.3) is 5.56 Å². The van der Waals surface area contributed by atoms with Crippen molar-refractivity contribution in [2.75, 3.05) is 5.32 Å². The molecule has 2 N–H and O–H groups in total. The van der Waals surface area contributed by atoms with Gasteiger partial charge in [-0.25, -0.2) is 9.97 Å². The fourth-order valence-electron chi connectivity index (χ4n) is 2.77. The molecule has 0 atom stereocenters. The lowest BCUT2D eigenvalue weighted by atomic mass is 10.2. The van der Waals surface area contributed by atoms with Crippen LogP contribution < -0.4 is 10.9 Å². The van der Waals surface area contributed by atoms with E-state index < -0.39 is 0 Å². The van der Waals surface area contributed by atoms with Crippen molar-refractivity contribution in [1.29, 1.82) is 0 Å². The van der Waals surface area contributed by atoms with E-state index in [9.17, 15) is 9.59 Å². The number of aromatic amines is 1. The summed E-state index contributed by atoms with van der Waals surface area (Å²) < 4.78 is 0. The molecule has 0 aliphatic heterocycles. The molecule has 28 heavy (non-hydrogen) atoms. The van der Waals surface area contributed by atoms with Crippen molar-refractivity contribution in [1.82, 2.24) is 15.0 Å². The van der Waals surface area contributed by atoms with Crippen LogP contribution in [0.25, 0.3) is 22.3 Å². The van der Waals surface area contributed by atoms with Crippen molar-refractivity contribution < 1.29 is 4.79 Å². The van der Waals surface area contributed by atoms with Crippen LogP contribution in [0, 0.1) is 0 Å². The quantitative estimate of drug-likeness (QED) is 0.514. The first kappa shape index (κ1) is 18.3. The van der Waals surface area contributed by atoms with Gasteiger partial charge in [-0.2, -0.15) is 0 Å². The first-order valence-corrected chi connectivity index (χ1v) is 9.84. The molecule has 0 saturated carbocycles. The Bertz CT molecular complexity index is 1220. The van der Waals surface area contributed by atoms with E-state index in [4.69, 9.17) is 11.6 Å². The molecule has 0 fully saturated rings. The number of thiazole rings is 1. The predicted molar refractivity (Wildman–Crippen MR) is 112 cm³/mol. The van der Waals surface area contributed by atoms with Crippen LogP contribution >= 0.6 is 22.9 Å². The number of aryl methyl sites for hydroxylation is 1. The van der Waals surface area contributed by atoms with E-state index in [0.717, 1.165) is 5.56 Å². The van der Waals surface area contributed by atoms with Crippen LogP contribution in [0.15, 0.2) is 58.7 Å². The van der Waals surface area contributed by atoms with Crippen molar-refractivity contribution in [3.63, 3.8) is 0 Å². The third kappa shape index (κ3) is 3.95. The van der Waals surface area contributed by atoms with Crippen LogP contribution in [0.4, 0.5) is 5.13 Å². The van der Waals surface area contributed by atoms with E-state index in [1.54, 1.807) is 12.1 Å². The second kappa shape index (κ2) is 7.92. The van der Waals surface area contributed by atoms with Gasteiger partial charge in [0.1, 0.15) is 5.69 Å². The summed E-state index contributed by atoms with van der Waals surface area (Å²) in [4.78, 5) is 35.9. The Labute approximate surface area is 169 Å². The number of aromatic nitrogens is 3. The van der Waals surface area contributed by atoms with Crippen LogP contribution in [0.1, 0.15) is 12.1 Å². The van der Waals surface area contributed by atoms with Crippen LogP contribution in [-0.4, -0.2) is 20.9 Å². The molecule has 0 aliphatic carbocycles. The van der Waals surface area contributed by atoms with E-state index in [1.807, 2.05) is 41.8 Å². The van der Waals surface area contributed by atoms with Crippen LogP contribution in [0.3, 0.4) is 0 Å². The molecule has 8 heteroatoms. The number of nitrogens with zero attached hydrogens (tertiary/aromatic N) is 2. The smallest absolute Gasteiger partial charge is 0.270 e. The summed E-state index contributed by atoms with van der Waals surface area (Å²) in [5.74, 6) is -0.227. The molecule has 2 heterocycles. The minimum atomic E-state index is -0.276. The second-order valence-electron chi connectivity index (χ2n) is 6.10. The first-order chi connectivity index (χ1) is 13.6. The Morgan fingerprint density at radius 3 is 2.75 bits per heavy atom. The van der Waals surface area contributed by atoms with E-state index in [2.05, 4.69) is 20.3 Å². The molecule has 0 radical (unpaired) electrons. The van der Waals surface area contributed by atoms with E-state index in [-0.39, 0.29) is 24.3 Å². The van der Waals surface area contributed by atoms with Gasteiger partial charge in [-0.3, -0.25) is 9.59 Å². The summed E-state index contributed by atoms with van der Waals surface area (Å²) in [6, 6.07) is 14.7. The normalized spacial score (nSPS) is 10.9. The second-order valence-corrected chi connectivity index (χ2v) is 7.36. The van der Waals surface area contributed by atoms with Gasteiger partial charge < -0.3 is 10.3 Å². The van der Waals surface area contributed by atoms with Gasteiger partial charge in [-0.1, -0.05) is 41.9 Å². The molecule has 0 bridgehead atoms. The highest BCUT2D eigenvalue weighted by Crippen LogP contribution is 2.30. The third-order valence-electron chi connectivity index (χ3n) is 4.16. The van der Waals surface area contributed by atoms with Crippen LogP contribution in [0.5, 0.6) is 0 Å². The van der Waals surface area contributed by atoms with Crippen molar-refractivity contribution in [3.8, 4) is 11.3 Å². The highest BCUT2D eigenvalue weighted by atomic mass is 35.5. The number of halogens is 1. The maximum Gasteiger partial charge on any atom is 0.270 e. The Hall–Kier alpha value is -3.03. The minimum absolute atomic E-state index is 0.134. The molecule has 0 aliphatic rings. The number of rotatable bonds is 5. The molecule has 0 saturated heterocycles. The van der Waals surface area contributed by atoms with E-state index >= 15 is 0 Å². The molecule has 1 amide bonds. The van der Waals surface area contributed by atoms with Gasteiger partial charge in [0.15, 0.2) is 5.13 Å². The van der Waals surface area contributed by atoms with Crippen LogP contribution in [0.2, 0.25) is 5.02 Å². The SMILES string of the molecule is O=C(CCc1nc2ccccc2[nH]c1=O)Nc1nc(-c2ccccc2Cl)cs1. The summed E-state index contributed by atoms with van der Waals surface area (Å²) in [6.45, 7) is 0. The van der Waals surface area contributed by atoms with E-state index in [1.165, 1.54) is 11.3 Å². The number of hydrogen-bond acceptors (Lipinski definition) is 5. The van der Waals surface area contributed by atoms with Gasteiger partial charge in [0.05, 0.1) is 16.7 Å². The molecule has 4 aromatic rings. The standard InChI is InChI=1S/C20H15ClN4O2S/c21-13-6-2-1-5-12(13)17-11-28-20(24-17)25-18(26)10-9-16-19(27)23-15-8-4-3-7-14(15)22-16/h1-8,11H,9-10H2,(H,23,27)(H,24,25,26). The molecule has 2 aromatic heterocycles. The van der Waals surface area contributed by atoms with Gasteiger partial charge in [-0.15, -0.1) is 11.3 Å². The maximum atomic E-state index is 12.3. The number of nitrogens with one attached hydrogen (secondary N) is 2. The van der Waals surface area contributed by atoms with Gasteiger partial charge in [-0.05, 0) is 18.2 Å². The van der Waals surface area contributed by atoms with Crippen molar-refractivity contribution >= 4 is 45.0 Å². The fraction of sp³-hybridized carbons (Fsp3) is 0.100. The van der Waals surface area contributed by atoms with Gasteiger partial charge in [0.2, 0.25) is 5.91 Å². The number of amides is 1. The molecule has 4 rings (SSSR count). The Balaban J connectivity index is 1.42. The molecule has 0 spiro atoms. The maximum absolute atomic E-state index is 12.3. The molecular weight excluding hydrogens is 396 g/mol. The Kier molecular flexibility index (Phi) is 5.18. The first-order valence-electron chi connectivity index (χ1n) is 8.58. The number of carbonyl (C=O) groups is 1. The number of anilines is 1. The number of hydrogen-bond donors (Lipinski definition) is 2. The van der Waals surface area contributed by atoms with Crippen molar-refractivity contribution in [2.24, 2.45) is 0 Å². The average Bonchev–Trinajstić information content (AvgIpc) is 3.14. The van der Waals surface area contributed by atoms with Crippen molar-refractivity contribution in [2.45, 2.75) is 12.8 Å². The zero-order valence-electron chi connectivity index (χ0n) is 14.6. The summed E-state index contributed by atoms with van der Waals surface area (Å²) in [5, 5.41) is 5.69. The van der Waals surface area contributed by atoms with Gasteiger partial charge >= 0.3 is 0 Å². The molecule has 2 aromatic carbocycles. The molecular formula is C20H15ClN4O2S. The number of benzene rings is 2. The largest absolute Gasteiger partial charge is 0.319 e. The Morgan fingerprint density at radius 1 is 1.11 bits per heavy atom. The lowest BCUT2D eigenvalue weighted by Gasteiger charge is -2.03. The zero-order chi connectivity index (χ0) is 19.5. The van der Waals surface area contributed by atoms with Crippen LogP contribution in [-0.2, 0) is 11.2 Å². The third-order valence-corrected chi connectivity index (χ3v) is 5.25. The number of fused-ring (bicyclic) bond motifs is 1. The summed E-state index contributed by atoms with van der Waals surface area (Å²) in [5.41, 5.74) is 2.95. The van der Waals surface area contributed by atoms with Gasteiger partial charge in [0, 0.05) is 28.8 Å². The highest BCUT2D eigenvalue weighted by molar-refractivity contribution is 7.14. The summed E-state index contributed by atoms with van der Waals surface area (Å²) in [7, 11) is 0. The fourth-order valence-corrected chi connectivity index (χ4v) is 3.73. The number of carbonyl (C=O) groups excluding carboxylic acids is 1. The minimum Gasteiger partial charge on any atom is -0.319 e. The summed E-state index contributed by atoms with van der Waals surface area (Å²) in [6.07, 6.45) is 0.379.